The highest BCUT2D eigenvalue weighted by molar-refractivity contribution is 7.47. The second-order valence-electron chi connectivity index (χ2n) is 27.3. The molecule has 0 fully saturated rings. The van der Waals surface area contributed by atoms with Crippen molar-refractivity contribution in [3.8, 4) is 0 Å². The zero-order valence-electron chi connectivity index (χ0n) is 63.9. The Bertz CT molecular complexity index is 2130. The minimum atomic E-state index is -4.97. The van der Waals surface area contributed by atoms with E-state index in [0.29, 0.717) is 25.7 Å². The normalized spacial score (nSPS) is 14.2. The van der Waals surface area contributed by atoms with Crippen molar-refractivity contribution in [2.24, 2.45) is 0 Å². The van der Waals surface area contributed by atoms with Gasteiger partial charge in [-0.2, -0.15) is 0 Å². The number of ether oxygens (including phenoxy) is 4. The Morgan fingerprint density at radius 3 is 0.780 bits per heavy atom. The zero-order valence-corrected chi connectivity index (χ0v) is 65.7. The molecule has 0 aliphatic heterocycles. The first-order valence-electron chi connectivity index (χ1n) is 40.5. The predicted molar refractivity (Wildman–Crippen MR) is 409 cm³/mol. The highest BCUT2D eigenvalue weighted by atomic mass is 31.2. The van der Waals surface area contributed by atoms with Crippen molar-refractivity contribution in [3.63, 3.8) is 0 Å². The fourth-order valence-electron chi connectivity index (χ4n) is 11.2. The molecular formula is C81H148O17P2. The lowest BCUT2D eigenvalue weighted by Crippen LogP contribution is -2.30. The van der Waals surface area contributed by atoms with E-state index >= 15 is 0 Å². The minimum absolute atomic E-state index is 0.0905. The van der Waals surface area contributed by atoms with Crippen LogP contribution in [0.5, 0.6) is 0 Å². The first-order chi connectivity index (χ1) is 48.7. The third kappa shape index (κ3) is 73.1. The molecule has 0 saturated heterocycles. The van der Waals surface area contributed by atoms with E-state index < -0.39 is 97.5 Å². The third-order valence-electron chi connectivity index (χ3n) is 17.4. The largest absolute Gasteiger partial charge is 0.472 e. The molecule has 100 heavy (non-hydrogen) atoms. The van der Waals surface area contributed by atoms with Crippen molar-refractivity contribution >= 4 is 39.5 Å². The monoisotopic (exact) mass is 1460 g/mol. The molecule has 0 saturated carbocycles. The molecule has 0 aliphatic carbocycles. The van der Waals surface area contributed by atoms with Crippen LogP contribution in [0.15, 0.2) is 60.8 Å². The average Bonchev–Trinajstić information content (AvgIpc) is 1.01. The van der Waals surface area contributed by atoms with Gasteiger partial charge in [-0.3, -0.25) is 37.3 Å². The van der Waals surface area contributed by atoms with Crippen molar-refractivity contribution in [2.45, 2.75) is 393 Å². The lowest BCUT2D eigenvalue weighted by molar-refractivity contribution is -0.161. The van der Waals surface area contributed by atoms with E-state index in [4.69, 9.17) is 37.0 Å². The molecule has 0 aliphatic rings. The number of hydrogen-bond donors (Lipinski definition) is 3. The topological polar surface area (TPSA) is 237 Å². The smallest absolute Gasteiger partial charge is 0.462 e. The van der Waals surface area contributed by atoms with Crippen LogP contribution in [0.2, 0.25) is 0 Å². The highest BCUT2D eigenvalue weighted by Gasteiger charge is 2.30. The Morgan fingerprint density at radius 2 is 0.490 bits per heavy atom. The molecule has 19 heteroatoms. The molecule has 0 radical (unpaired) electrons. The molecule has 3 N–H and O–H groups in total. The second-order valence-corrected chi connectivity index (χ2v) is 30.3. The summed E-state index contributed by atoms with van der Waals surface area (Å²) >= 11 is 0. The number of phosphoric ester groups is 2. The summed E-state index contributed by atoms with van der Waals surface area (Å²) < 4.78 is 68.6. The lowest BCUT2D eigenvalue weighted by atomic mass is 10.1. The lowest BCUT2D eigenvalue weighted by Gasteiger charge is -2.21. The highest BCUT2D eigenvalue weighted by Crippen LogP contribution is 2.45. The van der Waals surface area contributed by atoms with Gasteiger partial charge in [0.2, 0.25) is 0 Å². The van der Waals surface area contributed by atoms with E-state index in [1.165, 1.54) is 109 Å². The van der Waals surface area contributed by atoms with Crippen molar-refractivity contribution < 1.29 is 80.2 Å². The van der Waals surface area contributed by atoms with Gasteiger partial charge in [-0.15, -0.1) is 0 Å². The molecule has 17 nitrogen and oxygen atoms in total. The summed E-state index contributed by atoms with van der Waals surface area (Å²) in [5, 5.41) is 10.6. The van der Waals surface area contributed by atoms with E-state index in [1.807, 2.05) is 0 Å². The van der Waals surface area contributed by atoms with Crippen LogP contribution >= 0.6 is 15.6 Å². The molecule has 584 valence electrons. The van der Waals surface area contributed by atoms with Gasteiger partial charge in [0.05, 0.1) is 26.4 Å². The Hall–Kier alpha value is -3.24. The number of phosphoric acid groups is 2. The molecule has 0 aromatic heterocycles. The molecule has 0 aromatic carbocycles. The average molecular weight is 1460 g/mol. The fraction of sp³-hybridized carbons (Fsp3) is 0.827. The van der Waals surface area contributed by atoms with Crippen molar-refractivity contribution in [1.29, 1.82) is 0 Å². The Kier molecular flexibility index (Phi) is 71.6. The first-order valence-corrected chi connectivity index (χ1v) is 43.5. The third-order valence-corrected chi connectivity index (χ3v) is 19.3. The van der Waals surface area contributed by atoms with Gasteiger partial charge in [-0.1, -0.05) is 275 Å². The molecule has 5 atom stereocenters. The summed E-state index contributed by atoms with van der Waals surface area (Å²) in [5.74, 6) is -2.18. The molecule has 2 unspecified atom stereocenters. The van der Waals surface area contributed by atoms with E-state index in [1.54, 1.807) is 0 Å². The summed E-state index contributed by atoms with van der Waals surface area (Å²) in [6.45, 7) is 4.86. The van der Waals surface area contributed by atoms with E-state index in [2.05, 4.69) is 88.5 Å². The number of esters is 4. The molecule has 0 aromatic rings. The van der Waals surface area contributed by atoms with Gasteiger partial charge in [-0.05, 0) is 135 Å². The van der Waals surface area contributed by atoms with Gasteiger partial charge >= 0.3 is 39.5 Å². The van der Waals surface area contributed by atoms with Crippen LogP contribution in [0.3, 0.4) is 0 Å². The predicted octanol–water partition coefficient (Wildman–Crippen LogP) is 23.5. The maximum Gasteiger partial charge on any atom is 0.472 e. The fourth-order valence-corrected chi connectivity index (χ4v) is 12.8. The second kappa shape index (κ2) is 74.0. The summed E-state index contributed by atoms with van der Waals surface area (Å²) in [7, 11) is -9.95. The number of rotatable bonds is 77. The van der Waals surface area contributed by atoms with Crippen LogP contribution in [-0.4, -0.2) is 96.7 Å². The number of carbonyl (C=O) groups is 4. The number of carbonyl (C=O) groups excluding carboxylic acids is 4. The summed E-state index contributed by atoms with van der Waals surface area (Å²) in [6.07, 6.45) is 73.3. The quantitative estimate of drug-likeness (QED) is 0.0169. The molecule has 0 spiro atoms. The van der Waals surface area contributed by atoms with Gasteiger partial charge in [0.1, 0.15) is 19.3 Å². The standard InChI is InChI=1S/C81H148O17P2/c1-5-9-13-17-21-25-29-33-37-41-45-49-53-57-61-65-78(83)91-71-76(97-80(85)67-63-59-55-51-47-43-39-35-31-27-23-19-15-11-7-3)73-95-99(87,88)93-69-75(82)70-94-100(89,90)96-74-77(98-81(86)68-64-60-56-52-48-44-40-36-32-28-24-20-16-12-8-4)72-92-79(84)66-62-58-54-50-46-42-38-34-30-26-22-18-14-10-6-2/h21,25,27-28,31-34,37-38,75-77,82H,5-20,22-24,26,29-30,35-36,39-74H2,1-4H3,(H,87,88)(H,89,90)/b25-21-,31-27-,32-28-,37-33-,38-34-/t75-,76-,77-/m1/s1. The van der Waals surface area contributed by atoms with Crippen LogP contribution < -0.4 is 0 Å². The van der Waals surface area contributed by atoms with Gasteiger partial charge < -0.3 is 33.8 Å². The van der Waals surface area contributed by atoms with E-state index in [9.17, 15) is 43.2 Å². The molecular weight excluding hydrogens is 1310 g/mol. The number of aliphatic hydroxyl groups is 1. The summed E-state index contributed by atoms with van der Waals surface area (Å²) in [4.78, 5) is 73.0. The van der Waals surface area contributed by atoms with Crippen LogP contribution in [0.4, 0.5) is 0 Å². The molecule has 0 heterocycles. The molecule has 0 rings (SSSR count). The van der Waals surface area contributed by atoms with Crippen molar-refractivity contribution in [2.75, 3.05) is 39.6 Å². The van der Waals surface area contributed by atoms with Crippen LogP contribution in [0.25, 0.3) is 0 Å². The summed E-state index contributed by atoms with van der Waals surface area (Å²) in [6, 6.07) is 0. The maximum atomic E-state index is 13.1. The maximum absolute atomic E-state index is 13.1. The number of allylic oxidation sites excluding steroid dienone is 10. The van der Waals surface area contributed by atoms with Crippen molar-refractivity contribution in [1.82, 2.24) is 0 Å². The van der Waals surface area contributed by atoms with Crippen LogP contribution in [0, 0.1) is 0 Å². The van der Waals surface area contributed by atoms with Gasteiger partial charge in [-0.25, -0.2) is 9.13 Å². The molecule has 0 bridgehead atoms. The van der Waals surface area contributed by atoms with Crippen LogP contribution in [-0.2, 0) is 65.4 Å². The van der Waals surface area contributed by atoms with Gasteiger partial charge in [0.15, 0.2) is 12.2 Å². The van der Waals surface area contributed by atoms with E-state index in [-0.39, 0.29) is 25.7 Å². The Labute approximate surface area is 610 Å². The Morgan fingerprint density at radius 1 is 0.280 bits per heavy atom. The first kappa shape index (κ1) is 96.8. The SMILES string of the molecule is CCCCC/C=C\C/C=C\CCCCCCCC(=O)OC[C@H](COP(=O)(O)OC[C@@H](O)COP(=O)(O)OC[C@@H](COC(=O)CCCCCCC/C=C\CCCCCCCC)OC(=O)CCCCCCCCC/C=C\CCCCCC)OC(=O)CCCCCCCCC/C=C\CCCCCC. The number of aliphatic hydroxyl groups excluding tert-OH is 1. The molecule has 0 amide bonds. The van der Waals surface area contributed by atoms with Crippen molar-refractivity contribution in [3.05, 3.63) is 60.8 Å². The Balaban J connectivity index is 5.35. The van der Waals surface area contributed by atoms with E-state index in [0.717, 1.165) is 186 Å². The van der Waals surface area contributed by atoms with Crippen LogP contribution in [0.1, 0.15) is 374 Å². The summed E-state index contributed by atoms with van der Waals surface area (Å²) in [5.41, 5.74) is 0. The number of unbranched alkanes of at least 4 members (excludes halogenated alkanes) is 41. The number of hydrogen-bond acceptors (Lipinski definition) is 15. The zero-order chi connectivity index (χ0) is 73.2. The minimum Gasteiger partial charge on any atom is -0.462 e. The van der Waals surface area contributed by atoms with Gasteiger partial charge in [0.25, 0.3) is 0 Å². The van der Waals surface area contributed by atoms with Gasteiger partial charge in [0, 0.05) is 25.7 Å².